The maximum Gasteiger partial charge on any atom is 0.220 e. The van der Waals surface area contributed by atoms with E-state index in [0.29, 0.717) is 38.4 Å². The quantitative estimate of drug-likeness (QED) is 0.313. The van der Waals surface area contributed by atoms with Gasteiger partial charge in [-0.15, -0.1) is 24.0 Å². The second-order valence-electron chi connectivity index (χ2n) is 7.30. The SMILES string of the molecule is CN=C(NCC(C)Oc1ccc(C)cc1)N1CCN(S(=O)(=O)Cc2ccon2)CC1.I. The van der Waals surface area contributed by atoms with Crippen molar-refractivity contribution in [1.29, 1.82) is 0 Å². The summed E-state index contributed by atoms with van der Waals surface area (Å²) in [5.41, 5.74) is 1.60. The summed E-state index contributed by atoms with van der Waals surface area (Å²) >= 11 is 0. The molecule has 1 aromatic heterocycles. The predicted molar refractivity (Wildman–Crippen MR) is 130 cm³/mol. The molecule has 1 N–H and O–H groups in total. The highest BCUT2D eigenvalue weighted by Crippen LogP contribution is 2.14. The van der Waals surface area contributed by atoms with Gasteiger partial charge in [0.25, 0.3) is 0 Å². The Hall–Kier alpha value is -1.86. The molecule has 0 spiro atoms. The number of hydrogen-bond acceptors (Lipinski definition) is 6. The number of guanidine groups is 1. The summed E-state index contributed by atoms with van der Waals surface area (Å²) in [5.74, 6) is 1.42. The van der Waals surface area contributed by atoms with Crippen LogP contribution in [0, 0.1) is 6.92 Å². The van der Waals surface area contributed by atoms with Gasteiger partial charge < -0.3 is 19.5 Å². The maximum absolute atomic E-state index is 12.6. The first kappa shape index (κ1) is 25.4. The number of aryl methyl sites for hydroxylation is 1. The van der Waals surface area contributed by atoms with Crippen molar-refractivity contribution < 1.29 is 17.7 Å². The van der Waals surface area contributed by atoms with E-state index in [1.165, 1.54) is 16.1 Å². The van der Waals surface area contributed by atoms with E-state index in [9.17, 15) is 8.42 Å². The van der Waals surface area contributed by atoms with Gasteiger partial charge >= 0.3 is 0 Å². The number of rotatable bonds is 7. The topological polar surface area (TPSA) is 100 Å². The van der Waals surface area contributed by atoms with E-state index in [4.69, 9.17) is 9.26 Å². The van der Waals surface area contributed by atoms with Crippen molar-refractivity contribution >= 4 is 40.0 Å². The Morgan fingerprint density at radius 2 is 1.90 bits per heavy atom. The van der Waals surface area contributed by atoms with Crippen molar-refractivity contribution in [3.05, 3.63) is 47.9 Å². The lowest BCUT2D eigenvalue weighted by Crippen LogP contribution is -2.54. The van der Waals surface area contributed by atoms with Gasteiger partial charge in [0.15, 0.2) is 5.96 Å². The summed E-state index contributed by atoms with van der Waals surface area (Å²) in [7, 11) is -1.70. The monoisotopic (exact) mass is 563 g/mol. The van der Waals surface area contributed by atoms with Crippen LogP contribution >= 0.6 is 24.0 Å². The van der Waals surface area contributed by atoms with E-state index in [1.807, 2.05) is 38.1 Å². The lowest BCUT2D eigenvalue weighted by Gasteiger charge is -2.36. The average Bonchev–Trinajstić information content (AvgIpc) is 3.23. The molecule has 1 unspecified atom stereocenters. The Balaban J connectivity index is 0.00000341. The Morgan fingerprint density at radius 3 is 2.48 bits per heavy atom. The van der Waals surface area contributed by atoms with Gasteiger partial charge in [-0.25, -0.2) is 8.42 Å². The normalized spacial score (nSPS) is 16.5. The molecule has 1 aliphatic heterocycles. The van der Waals surface area contributed by atoms with Crippen molar-refractivity contribution in [3.8, 4) is 5.75 Å². The lowest BCUT2D eigenvalue weighted by atomic mass is 10.2. The molecule has 0 aliphatic carbocycles. The molecule has 9 nitrogen and oxygen atoms in total. The number of benzene rings is 1. The van der Waals surface area contributed by atoms with Crippen LogP contribution in [0.5, 0.6) is 5.75 Å². The van der Waals surface area contributed by atoms with Crippen LogP contribution in [0.2, 0.25) is 0 Å². The summed E-state index contributed by atoms with van der Waals surface area (Å²) in [6, 6.07) is 9.52. The molecular weight excluding hydrogens is 533 g/mol. The molecule has 0 amide bonds. The van der Waals surface area contributed by atoms with E-state index in [1.54, 1.807) is 13.1 Å². The van der Waals surface area contributed by atoms with Crippen LogP contribution in [-0.2, 0) is 15.8 Å². The van der Waals surface area contributed by atoms with E-state index in [2.05, 4.69) is 20.4 Å². The van der Waals surface area contributed by atoms with Gasteiger partial charge in [-0.05, 0) is 26.0 Å². The highest BCUT2D eigenvalue weighted by molar-refractivity contribution is 14.0. The number of ether oxygens (including phenoxy) is 1. The Kier molecular flexibility index (Phi) is 9.56. The molecule has 1 saturated heterocycles. The molecule has 0 saturated carbocycles. The van der Waals surface area contributed by atoms with E-state index < -0.39 is 10.0 Å². The Morgan fingerprint density at radius 1 is 1.23 bits per heavy atom. The summed E-state index contributed by atoms with van der Waals surface area (Å²) in [4.78, 5) is 6.39. The smallest absolute Gasteiger partial charge is 0.220 e. The largest absolute Gasteiger partial charge is 0.489 e. The molecule has 31 heavy (non-hydrogen) atoms. The third-order valence-electron chi connectivity index (χ3n) is 4.87. The van der Waals surface area contributed by atoms with Crippen LogP contribution in [0.3, 0.4) is 0 Å². The summed E-state index contributed by atoms with van der Waals surface area (Å²) in [5, 5.41) is 7.02. The number of nitrogens with zero attached hydrogens (tertiary/aromatic N) is 4. The van der Waals surface area contributed by atoms with Gasteiger partial charge in [-0.3, -0.25) is 4.99 Å². The number of sulfonamides is 1. The van der Waals surface area contributed by atoms with Crippen molar-refractivity contribution in [3.63, 3.8) is 0 Å². The van der Waals surface area contributed by atoms with Gasteiger partial charge in [-0.1, -0.05) is 22.9 Å². The molecule has 1 aromatic carbocycles. The van der Waals surface area contributed by atoms with Crippen LogP contribution in [0.1, 0.15) is 18.2 Å². The zero-order valence-corrected chi connectivity index (χ0v) is 21.2. The molecule has 11 heteroatoms. The van der Waals surface area contributed by atoms with E-state index in [0.717, 1.165) is 11.7 Å². The minimum atomic E-state index is -3.42. The van der Waals surface area contributed by atoms with Gasteiger partial charge in [0.1, 0.15) is 23.9 Å². The van der Waals surface area contributed by atoms with E-state index in [-0.39, 0.29) is 35.8 Å². The molecule has 172 valence electrons. The second kappa shape index (κ2) is 11.7. The standard InChI is InChI=1S/C20H29N5O4S.HI/c1-16-4-6-19(7-5-16)29-17(2)14-22-20(21-3)24-9-11-25(12-10-24)30(26,27)15-18-8-13-28-23-18;/h4-8,13,17H,9-12,14-15H2,1-3H3,(H,21,22);1H. The zero-order chi connectivity index (χ0) is 21.6. The molecule has 1 aliphatic rings. The molecular formula is C20H30IN5O4S. The third kappa shape index (κ3) is 7.35. The van der Waals surface area contributed by atoms with Crippen LogP contribution < -0.4 is 10.1 Å². The molecule has 1 fully saturated rings. The van der Waals surface area contributed by atoms with Gasteiger partial charge in [-0.2, -0.15) is 4.31 Å². The third-order valence-corrected chi connectivity index (χ3v) is 6.68. The first-order valence-corrected chi connectivity index (χ1v) is 11.5. The zero-order valence-electron chi connectivity index (χ0n) is 18.0. The summed E-state index contributed by atoms with van der Waals surface area (Å²) in [6.07, 6.45) is 1.33. The fourth-order valence-corrected chi connectivity index (χ4v) is 4.65. The Bertz CT molecular complexity index is 927. The number of aliphatic imine (C=N–C) groups is 1. The molecule has 1 atom stereocenters. The maximum atomic E-state index is 12.6. The fourth-order valence-electron chi connectivity index (χ4n) is 3.23. The number of piperazine rings is 1. The molecule has 2 aromatic rings. The van der Waals surface area contributed by atoms with Gasteiger partial charge in [0, 0.05) is 39.3 Å². The fraction of sp³-hybridized carbons (Fsp3) is 0.500. The number of nitrogens with one attached hydrogen (secondary N) is 1. The van der Waals surface area contributed by atoms with Crippen LogP contribution in [-0.4, -0.2) is 74.6 Å². The van der Waals surface area contributed by atoms with Gasteiger partial charge in [0.05, 0.1) is 12.2 Å². The lowest BCUT2D eigenvalue weighted by molar-refractivity contribution is 0.218. The molecule has 3 rings (SSSR count). The first-order chi connectivity index (χ1) is 14.4. The van der Waals surface area contributed by atoms with Crippen LogP contribution in [0.15, 0.2) is 46.1 Å². The van der Waals surface area contributed by atoms with E-state index >= 15 is 0 Å². The minimum Gasteiger partial charge on any atom is -0.489 e. The molecule has 0 radical (unpaired) electrons. The summed E-state index contributed by atoms with van der Waals surface area (Å²) in [6.45, 7) is 6.54. The summed E-state index contributed by atoms with van der Waals surface area (Å²) < 4.78 is 37.3. The van der Waals surface area contributed by atoms with Crippen molar-refractivity contribution in [2.45, 2.75) is 25.7 Å². The first-order valence-electron chi connectivity index (χ1n) is 9.93. The number of hydrogen-bond donors (Lipinski definition) is 1. The number of halogens is 1. The minimum absolute atomic E-state index is 0. The second-order valence-corrected chi connectivity index (χ2v) is 9.27. The molecule has 0 bridgehead atoms. The highest BCUT2D eigenvalue weighted by atomic mass is 127. The molecule has 2 heterocycles. The van der Waals surface area contributed by atoms with Crippen LogP contribution in [0.4, 0.5) is 0 Å². The number of aromatic nitrogens is 1. The predicted octanol–water partition coefficient (Wildman–Crippen LogP) is 2.09. The van der Waals surface area contributed by atoms with Crippen molar-refractivity contribution in [2.24, 2.45) is 4.99 Å². The average molecular weight is 563 g/mol. The van der Waals surface area contributed by atoms with Crippen molar-refractivity contribution in [1.82, 2.24) is 19.7 Å². The van der Waals surface area contributed by atoms with Crippen molar-refractivity contribution in [2.75, 3.05) is 39.8 Å². The highest BCUT2D eigenvalue weighted by Gasteiger charge is 2.29. The van der Waals surface area contributed by atoms with Crippen LogP contribution in [0.25, 0.3) is 0 Å². The van der Waals surface area contributed by atoms with Gasteiger partial charge in [0.2, 0.25) is 10.0 Å². The Labute approximate surface area is 200 Å².